The molecule has 4 heteroatoms. The fraction of sp³-hybridized carbons (Fsp3) is 0.333. The minimum atomic E-state index is -2.83. The van der Waals surface area contributed by atoms with Crippen LogP contribution in [0, 0.1) is 0 Å². The number of alkyl halides is 2. The molecule has 0 aliphatic heterocycles. The van der Waals surface area contributed by atoms with Crippen LogP contribution in [0.2, 0.25) is 0 Å². The molecule has 0 unspecified atom stereocenters. The molecule has 0 radical (unpaired) electrons. The average molecular weight is 281 g/mol. The Morgan fingerprint density at radius 2 is 1.89 bits per heavy atom. The summed E-state index contributed by atoms with van der Waals surface area (Å²) >= 11 is 1.61. The molecule has 1 aromatic heterocycles. The van der Waals surface area contributed by atoms with E-state index in [2.05, 4.69) is 18.3 Å². The Morgan fingerprint density at radius 1 is 1.16 bits per heavy atom. The molecule has 2 rings (SSSR count). The first-order valence-corrected chi connectivity index (χ1v) is 7.21. The van der Waals surface area contributed by atoms with E-state index >= 15 is 0 Å². The van der Waals surface area contributed by atoms with Crippen molar-refractivity contribution in [3.8, 4) is 0 Å². The molecule has 1 aromatic carbocycles. The number of halogens is 2. The maximum atomic E-state index is 13.9. The average Bonchev–Trinajstić information content (AvgIpc) is 2.87. The van der Waals surface area contributed by atoms with E-state index in [1.807, 2.05) is 5.38 Å². The van der Waals surface area contributed by atoms with Gasteiger partial charge in [-0.2, -0.15) is 8.78 Å². The van der Waals surface area contributed by atoms with Gasteiger partial charge in [0, 0.05) is 17.0 Å². The summed E-state index contributed by atoms with van der Waals surface area (Å²) in [5, 5.41) is 4.87. The number of aryl methyl sites for hydroxylation is 1. The van der Waals surface area contributed by atoms with Gasteiger partial charge in [-0.1, -0.05) is 37.3 Å². The number of thiophene rings is 1. The Hall–Kier alpha value is -1.26. The van der Waals surface area contributed by atoms with E-state index in [-0.39, 0.29) is 12.1 Å². The number of hydrogen-bond acceptors (Lipinski definition) is 2. The Kier molecular flexibility index (Phi) is 4.66. The summed E-state index contributed by atoms with van der Waals surface area (Å²) in [4.78, 5) is 1.14. The molecule has 0 saturated carbocycles. The zero-order chi connectivity index (χ0) is 13.7. The van der Waals surface area contributed by atoms with Gasteiger partial charge in [0.15, 0.2) is 0 Å². The second kappa shape index (κ2) is 6.26. The summed E-state index contributed by atoms with van der Waals surface area (Å²) in [6.45, 7) is 2.24. The van der Waals surface area contributed by atoms with Crippen molar-refractivity contribution < 1.29 is 8.78 Å². The highest BCUT2D eigenvalue weighted by Gasteiger charge is 2.30. The molecule has 1 N–H and O–H groups in total. The Morgan fingerprint density at radius 3 is 2.58 bits per heavy atom. The molecular weight excluding hydrogens is 264 g/mol. The molecular formula is C15H17F2NS. The fourth-order valence-electron chi connectivity index (χ4n) is 1.95. The quantitative estimate of drug-likeness (QED) is 0.837. The number of nitrogens with one attached hydrogen (secondary N) is 1. The molecule has 0 fully saturated rings. The molecule has 0 saturated heterocycles. The lowest BCUT2D eigenvalue weighted by atomic mass is 10.1. The molecule has 2 aromatic rings. The molecule has 0 aliphatic rings. The minimum absolute atomic E-state index is 0.0596. The zero-order valence-electron chi connectivity index (χ0n) is 10.8. The highest BCUT2D eigenvalue weighted by atomic mass is 32.1. The lowest BCUT2D eigenvalue weighted by molar-refractivity contribution is -0.00339. The van der Waals surface area contributed by atoms with Crippen molar-refractivity contribution in [1.29, 1.82) is 0 Å². The maximum absolute atomic E-state index is 13.9. The summed E-state index contributed by atoms with van der Waals surface area (Å²) in [7, 11) is 0. The van der Waals surface area contributed by atoms with Crippen LogP contribution in [0.3, 0.4) is 0 Å². The summed E-state index contributed by atoms with van der Waals surface area (Å²) in [5.74, 6) is -2.83. The van der Waals surface area contributed by atoms with Gasteiger partial charge >= 0.3 is 0 Å². The Bertz CT molecular complexity index is 508. The van der Waals surface area contributed by atoms with E-state index < -0.39 is 5.92 Å². The predicted molar refractivity (Wildman–Crippen MR) is 75.7 cm³/mol. The Balaban J connectivity index is 1.92. The minimum Gasteiger partial charge on any atom is -0.306 e. The van der Waals surface area contributed by atoms with Crippen molar-refractivity contribution in [2.45, 2.75) is 25.8 Å². The van der Waals surface area contributed by atoms with Crippen LogP contribution in [-0.4, -0.2) is 6.54 Å². The molecule has 0 spiro atoms. The molecule has 0 amide bonds. The third-order valence-corrected chi connectivity index (χ3v) is 4.01. The summed E-state index contributed by atoms with van der Waals surface area (Å²) in [6.07, 6.45) is 0.940. The highest BCUT2D eigenvalue weighted by molar-refractivity contribution is 7.10. The van der Waals surface area contributed by atoms with Gasteiger partial charge in [-0.3, -0.25) is 0 Å². The third-order valence-electron chi connectivity index (χ3n) is 3.05. The first-order valence-electron chi connectivity index (χ1n) is 6.33. The van der Waals surface area contributed by atoms with E-state index in [0.717, 1.165) is 11.3 Å². The normalized spacial score (nSPS) is 11.7. The zero-order valence-corrected chi connectivity index (χ0v) is 11.6. The van der Waals surface area contributed by atoms with Gasteiger partial charge in [-0.05, 0) is 23.4 Å². The lowest BCUT2D eigenvalue weighted by Gasteiger charge is -2.17. The molecule has 102 valence electrons. The van der Waals surface area contributed by atoms with Crippen LogP contribution < -0.4 is 5.32 Å². The van der Waals surface area contributed by atoms with E-state index in [4.69, 9.17) is 0 Å². The standard InChI is InChI=1S/C15H17F2NS/c1-2-12-8-9-19-14(12)10-18-11-15(16,17)13-6-4-3-5-7-13/h3-9,18H,2,10-11H2,1H3. The van der Waals surface area contributed by atoms with Crippen molar-refractivity contribution >= 4 is 11.3 Å². The van der Waals surface area contributed by atoms with Crippen molar-refractivity contribution in [2.24, 2.45) is 0 Å². The molecule has 1 nitrogen and oxygen atoms in total. The summed E-state index contributed by atoms with van der Waals surface area (Å²) < 4.78 is 27.8. The van der Waals surface area contributed by atoms with Crippen LogP contribution in [0.1, 0.15) is 22.9 Å². The first kappa shape index (κ1) is 14.2. The van der Waals surface area contributed by atoms with Crippen molar-refractivity contribution in [2.75, 3.05) is 6.54 Å². The molecule has 0 bridgehead atoms. The van der Waals surface area contributed by atoms with Crippen LogP contribution in [0.15, 0.2) is 41.8 Å². The van der Waals surface area contributed by atoms with Crippen molar-refractivity contribution in [1.82, 2.24) is 5.32 Å². The summed E-state index contributed by atoms with van der Waals surface area (Å²) in [5.41, 5.74) is 1.30. The van der Waals surface area contributed by atoms with Crippen LogP contribution in [0.5, 0.6) is 0 Å². The van der Waals surface area contributed by atoms with Gasteiger partial charge in [0.2, 0.25) is 0 Å². The maximum Gasteiger partial charge on any atom is 0.285 e. The second-order valence-corrected chi connectivity index (χ2v) is 5.40. The van der Waals surface area contributed by atoms with Gasteiger partial charge in [0.1, 0.15) is 0 Å². The van der Waals surface area contributed by atoms with Crippen LogP contribution >= 0.6 is 11.3 Å². The van der Waals surface area contributed by atoms with Crippen LogP contribution in [-0.2, 0) is 18.9 Å². The van der Waals surface area contributed by atoms with Gasteiger partial charge in [0.05, 0.1) is 6.54 Å². The third kappa shape index (κ3) is 3.61. The largest absolute Gasteiger partial charge is 0.306 e. The van der Waals surface area contributed by atoms with E-state index in [0.29, 0.717) is 6.54 Å². The lowest BCUT2D eigenvalue weighted by Crippen LogP contribution is -2.30. The number of hydrogen-bond donors (Lipinski definition) is 1. The summed E-state index contributed by atoms with van der Waals surface area (Å²) in [6, 6.07) is 9.99. The number of benzene rings is 1. The Labute approximate surface area is 116 Å². The van der Waals surface area contributed by atoms with Crippen LogP contribution in [0.25, 0.3) is 0 Å². The van der Waals surface area contributed by atoms with E-state index in [1.54, 1.807) is 29.5 Å². The molecule has 19 heavy (non-hydrogen) atoms. The van der Waals surface area contributed by atoms with Gasteiger partial charge in [-0.15, -0.1) is 11.3 Å². The predicted octanol–water partition coefficient (Wildman–Crippen LogP) is 4.19. The molecule has 0 atom stereocenters. The topological polar surface area (TPSA) is 12.0 Å². The molecule has 1 heterocycles. The first-order chi connectivity index (χ1) is 9.13. The SMILES string of the molecule is CCc1ccsc1CNCC(F)(F)c1ccccc1. The van der Waals surface area contributed by atoms with Gasteiger partial charge in [0.25, 0.3) is 5.92 Å². The van der Waals surface area contributed by atoms with E-state index in [9.17, 15) is 8.78 Å². The van der Waals surface area contributed by atoms with Crippen LogP contribution in [0.4, 0.5) is 8.78 Å². The van der Waals surface area contributed by atoms with Crippen molar-refractivity contribution in [3.63, 3.8) is 0 Å². The molecule has 0 aliphatic carbocycles. The number of rotatable bonds is 6. The van der Waals surface area contributed by atoms with Crippen molar-refractivity contribution in [3.05, 3.63) is 57.8 Å². The second-order valence-electron chi connectivity index (χ2n) is 4.40. The van der Waals surface area contributed by atoms with Gasteiger partial charge < -0.3 is 5.32 Å². The van der Waals surface area contributed by atoms with E-state index in [1.165, 1.54) is 17.7 Å². The monoisotopic (exact) mass is 281 g/mol. The smallest absolute Gasteiger partial charge is 0.285 e. The van der Waals surface area contributed by atoms with Gasteiger partial charge in [-0.25, -0.2) is 0 Å². The highest BCUT2D eigenvalue weighted by Crippen LogP contribution is 2.27. The fourth-order valence-corrected chi connectivity index (χ4v) is 2.90.